The number of aliphatic hydroxyl groups is 1. The van der Waals surface area contributed by atoms with E-state index in [-0.39, 0.29) is 21.9 Å². The highest BCUT2D eigenvalue weighted by atomic mass is 35.5. The van der Waals surface area contributed by atoms with Crippen LogP contribution in [0.15, 0.2) is 72.7 Å². The van der Waals surface area contributed by atoms with Gasteiger partial charge in [-0.2, -0.15) is 13.2 Å². The predicted octanol–water partition coefficient (Wildman–Crippen LogP) is 5.89. The third kappa shape index (κ3) is 5.68. The number of rotatable bonds is 8. The maximum atomic E-state index is 14.3. The van der Waals surface area contributed by atoms with Crippen molar-refractivity contribution in [1.29, 1.82) is 0 Å². The molecule has 3 N–H and O–H groups in total. The zero-order valence-corrected chi connectivity index (χ0v) is 19.9. The summed E-state index contributed by atoms with van der Waals surface area (Å²) in [5.41, 5.74) is 1.80. The van der Waals surface area contributed by atoms with Crippen molar-refractivity contribution in [3.8, 4) is 11.1 Å². The summed E-state index contributed by atoms with van der Waals surface area (Å²) in [7, 11) is 2.40. The monoisotopic (exact) mass is 513 g/mol. The Morgan fingerprint density at radius 2 is 1.71 bits per heavy atom. The second kappa shape index (κ2) is 11.0. The Hall–Kier alpha value is -3.30. The predicted molar refractivity (Wildman–Crippen MR) is 125 cm³/mol. The minimum absolute atomic E-state index is 0.0276. The molecule has 0 saturated heterocycles. The molecule has 2 rings (SSSR count). The lowest BCUT2D eigenvalue weighted by Crippen LogP contribution is -2.51. The van der Waals surface area contributed by atoms with Crippen LogP contribution in [0, 0.1) is 5.82 Å². The maximum Gasteiger partial charge on any atom is 0.422 e. The number of hydrogen-bond donors (Lipinski definition) is 2. The highest BCUT2D eigenvalue weighted by Gasteiger charge is 2.59. The van der Waals surface area contributed by atoms with Gasteiger partial charge in [-0.25, -0.2) is 9.18 Å². The second-order valence-corrected chi connectivity index (χ2v) is 7.94. The standard InChI is InChI=1S/C25H24ClF4NO4/c1-14(34-3)5-8-18(13-31)24(33,25(28,29)30)15(2)19-9-6-16(11-21(19)26)17-7-10-20(22(27)12-17)23(32)35-4/h5-13,15,33H,1,31H2,2-4H3/b8-5-,18-13+/t15-,24-/m0/s1. The molecule has 0 radical (unpaired) electrons. The number of alkyl halides is 3. The van der Waals surface area contributed by atoms with Crippen molar-refractivity contribution in [2.45, 2.75) is 24.6 Å². The highest BCUT2D eigenvalue weighted by molar-refractivity contribution is 6.31. The molecule has 2 atom stereocenters. The summed E-state index contributed by atoms with van der Waals surface area (Å²) in [4.78, 5) is 11.6. The number of benzene rings is 2. The zero-order valence-electron chi connectivity index (χ0n) is 19.1. The quantitative estimate of drug-likeness (QED) is 0.199. The van der Waals surface area contributed by atoms with E-state index in [1.54, 1.807) is 0 Å². The highest BCUT2D eigenvalue weighted by Crippen LogP contribution is 2.48. The van der Waals surface area contributed by atoms with Gasteiger partial charge < -0.3 is 20.3 Å². The summed E-state index contributed by atoms with van der Waals surface area (Å²) in [6.45, 7) is 4.65. The zero-order chi connectivity index (χ0) is 26.6. The van der Waals surface area contributed by atoms with Crippen LogP contribution in [-0.2, 0) is 9.47 Å². The lowest BCUT2D eigenvalue weighted by molar-refractivity contribution is -0.250. The fourth-order valence-electron chi connectivity index (χ4n) is 3.47. The van der Waals surface area contributed by atoms with Gasteiger partial charge in [-0.15, -0.1) is 0 Å². The van der Waals surface area contributed by atoms with Gasteiger partial charge in [-0.05, 0) is 41.0 Å². The van der Waals surface area contributed by atoms with Gasteiger partial charge >= 0.3 is 12.1 Å². The fraction of sp³-hybridized carbons (Fsp3) is 0.240. The van der Waals surface area contributed by atoms with Crippen LogP contribution in [0.1, 0.15) is 28.8 Å². The van der Waals surface area contributed by atoms with E-state index in [9.17, 15) is 27.5 Å². The third-order valence-corrected chi connectivity index (χ3v) is 5.89. The molecule has 0 fully saturated rings. The van der Waals surface area contributed by atoms with Crippen LogP contribution in [0.3, 0.4) is 0 Å². The van der Waals surface area contributed by atoms with E-state index in [0.29, 0.717) is 17.3 Å². The SMILES string of the molecule is C=C(/C=C\C(=C/N)[C@@](O)([C@@H](C)c1ccc(-c2ccc(C(=O)OC)c(F)c2)cc1Cl)C(F)(F)F)OC. The largest absolute Gasteiger partial charge is 0.497 e. The van der Waals surface area contributed by atoms with Gasteiger partial charge in [0.1, 0.15) is 11.6 Å². The Kier molecular flexibility index (Phi) is 8.75. The summed E-state index contributed by atoms with van der Waals surface area (Å²) in [6, 6.07) is 7.81. The van der Waals surface area contributed by atoms with Crippen molar-refractivity contribution in [2.75, 3.05) is 14.2 Å². The van der Waals surface area contributed by atoms with Crippen LogP contribution < -0.4 is 5.73 Å². The molecule has 0 aliphatic carbocycles. The number of carbonyl (C=O) groups excluding carboxylic acids is 1. The van der Waals surface area contributed by atoms with Crippen LogP contribution >= 0.6 is 11.6 Å². The summed E-state index contributed by atoms with van der Waals surface area (Å²) in [5, 5.41) is 10.8. The van der Waals surface area contributed by atoms with E-state index in [1.807, 2.05) is 0 Å². The Bertz CT molecular complexity index is 1180. The van der Waals surface area contributed by atoms with E-state index in [1.165, 1.54) is 37.4 Å². The third-order valence-electron chi connectivity index (χ3n) is 5.56. The Balaban J connectivity index is 2.53. The number of hydrogen-bond acceptors (Lipinski definition) is 5. The fourth-order valence-corrected chi connectivity index (χ4v) is 3.82. The van der Waals surface area contributed by atoms with E-state index >= 15 is 0 Å². The Labute approximate surface area is 205 Å². The number of esters is 1. The summed E-state index contributed by atoms with van der Waals surface area (Å²) in [5.74, 6) is -3.24. The molecule has 0 heterocycles. The minimum Gasteiger partial charge on any atom is -0.497 e. The average molecular weight is 514 g/mol. The van der Waals surface area contributed by atoms with Crippen molar-refractivity contribution >= 4 is 17.6 Å². The Morgan fingerprint density at radius 1 is 1.11 bits per heavy atom. The molecule has 0 aliphatic heterocycles. The molecule has 2 aromatic carbocycles. The van der Waals surface area contributed by atoms with E-state index in [0.717, 1.165) is 32.3 Å². The second-order valence-electron chi connectivity index (χ2n) is 7.53. The van der Waals surface area contributed by atoms with Crippen LogP contribution in [0.4, 0.5) is 17.6 Å². The number of carbonyl (C=O) groups is 1. The van der Waals surface area contributed by atoms with Gasteiger partial charge in [0.2, 0.25) is 0 Å². The normalized spacial score (nSPS) is 14.9. The van der Waals surface area contributed by atoms with Gasteiger partial charge in [0, 0.05) is 22.7 Å². The first-order valence-electron chi connectivity index (χ1n) is 10.1. The number of nitrogens with two attached hydrogens (primary N) is 1. The maximum absolute atomic E-state index is 14.3. The molecule has 0 aliphatic rings. The molecule has 5 nitrogen and oxygen atoms in total. The molecule has 188 valence electrons. The minimum atomic E-state index is -5.13. The van der Waals surface area contributed by atoms with Gasteiger partial charge in [-0.3, -0.25) is 0 Å². The smallest absolute Gasteiger partial charge is 0.422 e. The number of ether oxygens (including phenoxy) is 2. The molecule has 0 spiro atoms. The number of halogens is 5. The summed E-state index contributed by atoms with van der Waals surface area (Å²) < 4.78 is 66.2. The lowest BCUT2D eigenvalue weighted by Gasteiger charge is -2.37. The first kappa shape index (κ1) is 27.9. The molecule has 0 aromatic heterocycles. The molecule has 10 heteroatoms. The number of methoxy groups -OCH3 is 2. The number of allylic oxidation sites excluding steroid dienone is 1. The van der Waals surface area contributed by atoms with Crippen molar-refractivity contribution in [2.24, 2.45) is 5.73 Å². The summed E-state index contributed by atoms with van der Waals surface area (Å²) in [6.07, 6.45) is -2.38. The molecule has 0 saturated carbocycles. The van der Waals surface area contributed by atoms with Crippen molar-refractivity contribution in [3.63, 3.8) is 0 Å². The van der Waals surface area contributed by atoms with E-state index in [2.05, 4.69) is 11.3 Å². The lowest BCUT2D eigenvalue weighted by atomic mass is 9.77. The molecule has 0 unspecified atom stereocenters. The van der Waals surface area contributed by atoms with Gasteiger partial charge in [-0.1, -0.05) is 49.4 Å². The molecular weight excluding hydrogens is 490 g/mol. The molecule has 35 heavy (non-hydrogen) atoms. The Morgan fingerprint density at radius 3 is 2.20 bits per heavy atom. The molecule has 0 bridgehead atoms. The topological polar surface area (TPSA) is 81.8 Å². The van der Waals surface area contributed by atoms with Gasteiger partial charge in [0.05, 0.1) is 19.8 Å². The van der Waals surface area contributed by atoms with Crippen LogP contribution in [0.5, 0.6) is 0 Å². The molecule has 2 aromatic rings. The molecular formula is C25H24ClF4NO4. The summed E-state index contributed by atoms with van der Waals surface area (Å²) >= 11 is 6.32. The van der Waals surface area contributed by atoms with E-state index in [4.69, 9.17) is 22.1 Å². The van der Waals surface area contributed by atoms with Crippen LogP contribution in [0.2, 0.25) is 5.02 Å². The van der Waals surface area contributed by atoms with Gasteiger partial charge in [0.15, 0.2) is 5.60 Å². The molecule has 0 amide bonds. The average Bonchev–Trinajstić information content (AvgIpc) is 2.82. The van der Waals surface area contributed by atoms with Crippen LogP contribution in [-0.4, -0.2) is 37.1 Å². The van der Waals surface area contributed by atoms with Crippen molar-refractivity contribution in [3.05, 3.63) is 94.6 Å². The first-order valence-corrected chi connectivity index (χ1v) is 10.5. The van der Waals surface area contributed by atoms with E-state index < -0.39 is 35.1 Å². The van der Waals surface area contributed by atoms with Crippen molar-refractivity contribution in [1.82, 2.24) is 0 Å². The van der Waals surface area contributed by atoms with Gasteiger partial charge in [0.25, 0.3) is 0 Å². The van der Waals surface area contributed by atoms with Crippen LogP contribution in [0.25, 0.3) is 11.1 Å². The first-order chi connectivity index (χ1) is 16.3. The van der Waals surface area contributed by atoms with Crippen molar-refractivity contribution < 1.29 is 36.9 Å².